The second kappa shape index (κ2) is 5.15. The lowest BCUT2D eigenvalue weighted by molar-refractivity contribution is 0.0986. The SMILES string of the molecule is CCC(=O)c1cccc(C#N)c1O[Si](C)(C)C. The van der Waals surface area contributed by atoms with Crippen LogP contribution < -0.4 is 4.43 Å². The van der Waals surface area contributed by atoms with Gasteiger partial charge in [-0.3, -0.25) is 4.79 Å². The number of carbonyl (C=O) groups is 1. The van der Waals surface area contributed by atoms with E-state index < -0.39 is 8.32 Å². The van der Waals surface area contributed by atoms with E-state index in [2.05, 4.69) is 6.07 Å². The van der Waals surface area contributed by atoms with Gasteiger partial charge in [-0.15, -0.1) is 0 Å². The van der Waals surface area contributed by atoms with Gasteiger partial charge in [-0.25, -0.2) is 0 Å². The number of ketones is 1. The Hall–Kier alpha value is -1.60. The molecule has 0 saturated heterocycles. The molecule has 0 bridgehead atoms. The quantitative estimate of drug-likeness (QED) is 0.605. The summed E-state index contributed by atoms with van der Waals surface area (Å²) >= 11 is 0. The molecule has 1 aromatic rings. The molecule has 0 unspecified atom stereocenters. The molecule has 90 valence electrons. The van der Waals surface area contributed by atoms with Crippen LogP contribution in [0.1, 0.15) is 29.3 Å². The van der Waals surface area contributed by atoms with Crippen molar-refractivity contribution >= 4 is 14.1 Å². The van der Waals surface area contributed by atoms with Gasteiger partial charge in [0.05, 0.1) is 11.1 Å². The fourth-order valence-electron chi connectivity index (χ4n) is 1.45. The fraction of sp³-hybridized carbons (Fsp3) is 0.385. The zero-order chi connectivity index (χ0) is 13.1. The van der Waals surface area contributed by atoms with Crippen LogP contribution in [-0.2, 0) is 0 Å². The lowest BCUT2D eigenvalue weighted by Crippen LogP contribution is -2.30. The van der Waals surface area contributed by atoms with Crippen LogP contribution in [0.25, 0.3) is 0 Å². The van der Waals surface area contributed by atoms with Crippen molar-refractivity contribution in [3.05, 3.63) is 29.3 Å². The Bertz CT molecular complexity index is 469. The monoisotopic (exact) mass is 247 g/mol. The predicted octanol–water partition coefficient (Wildman–Crippen LogP) is 3.36. The molecular formula is C13H17NO2Si. The van der Waals surface area contributed by atoms with E-state index in [4.69, 9.17) is 9.69 Å². The summed E-state index contributed by atoms with van der Waals surface area (Å²) in [6.45, 7) is 7.89. The van der Waals surface area contributed by atoms with Crippen molar-refractivity contribution in [3.63, 3.8) is 0 Å². The van der Waals surface area contributed by atoms with E-state index in [1.54, 1.807) is 25.1 Å². The van der Waals surface area contributed by atoms with Gasteiger partial charge < -0.3 is 4.43 Å². The number of nitriles is 1. The van der Waals surface area contributed by atoms with E-state index in [1.165, 1.54) is 0 Å². The lowest BCUT2D eigenvalue weighted by atomic mass is 10.0. The molecule has 0 spiro atoms. The van der Waals surface area contributed by atoms with Gasteiger partial charge in [-0.1, -0.05) is 13.0 Å². The molecule has 0 aliphatic heterocycles. The molecule has 0 aliphatic rings. The Morgan fingerprint density at radius 2 is 2.06 bits per heavy atom. The van der Waals surface area contributed by atoms with Crippen LogP contribution in [0, 0.1) is 11.3 Å². The van der Waals surface area contributed by atoms with Crippen LogP contribution in [0.5, 0.6) is 5.75 Å². The molecule has 1 rings (SSSR count). The van der Waals surface area contributed by atoms with E-state index in [9.17, 15) is 4.79 Å². The van der Waals surface area contributed by atoms with E-state index in [0.29, 0.717) is 23.3 Å². The van der Waals surface area contributed by atoms with Gasteiger partial charge in [0.15, 0.2) is 5.78 Å². The molecule has 0 heterocycles. The zero-order valence-electron chi connectivity index (χ0n) is 10.7. The Kier molecular flexibility index (Phi) is 4.08. The molecule has 1 aromatic carbocycles. The van der Waals surface area contributed by atoms with Gasteiger partial charge in [0.2, 0.25) is 8.32 Å². The third-order valence-electron chi connectivity index (χ3n) is 2.17. The summed E-state index contributed by atoms with van der Waals surface area (Å²) in [5, 5.41) is 9.07. The number of nitrogens with zero attached hydrogens (tertiary/aromatic N) is 1. The molecule has 0 aliphatic carbocycles. The minimum Gasteiger partial charge on any atom is -0.543 e. The van der Waals surface area contributed by atoms with Crippen molar-refractivity contribution in [2.45, 2.75) is 33.0 Å². The first-order chi connectivity index (χ1) is 7.89. The second-order valence-electron chi connectivity index (χ2n) is 4.79. The van der Waals surface area contributed by atoms with Gasteiger partial charge in [0.25, 0.3) is 0 Å². The Morgan fingerprint density at radius 3 is 2.53 bits per heavy atom. The molecule has 4 heteroatoms. The van der Waals surface area contributed by atoms with Gasteiger partial charge in [-0.05, 0) is 31.8 Å². The van der Waals surface area contributed by atoms with Crippen LogP contribution in [0.3, 0.4) is 0 Å². The first-order valence-electron chi connectivity index (χ1n) is 5.64. The predicted molar refractivity (Wildman–Crippen MR) is 69.8 cm³/mol. The van der Waals surface area contributed by atoms with E-state index in [0.717, 1.165) is 0 Å². The number of benzene rings is 1. The van der Waals surface area contributed by atoms with Crippen molar-refractivity contribution in [1.82, 2.24) is 0 Å². The normalized spacial score (nSPS) is 10.8. The zero-order valence-corrected chi connectivity index (χ0v) is 11.7. The van der Waals surface area contributed by atoms with E-state index >= 15 is 0 Å². The first kappa shape index (κ1) is 13.5. The number of para-hydroxylation sites is 1. The minimum atomic E-state index is -1.84. The van der Waals surface area contributed by atoms with Gasteiger partial charge in [0.1, 0.15) is 11.8 Å². The molecule has 0 aromatic heterocycles. The summed E-state index contributed by atoms with van der Waals surface area (Å²) < 4.78 is 5.87. The van der Waals surface area contributed by atoms with Crippen molar-refractivity contribution in [3.8, 4) is 11.8 Å². The molecule has 0 atom stereocenters. The molecule has 0 radical (unpaired) electrons. The average Bonchev–Trinajstić information content (AvgIpc) is 2.26. The smallest absolute Gasteiger partial charge is 0.242 e. The standard InChI is InChI=1S/C13H17NO2Si/c1-5-12(15)11-8-6-7-10(9-14)13(11)16-17(2,3)4/h6-8H,5H2,1-4H3. The highest BCUT2D eigenvalue weighted by Crippen LogP contribution is 2.27. The number of hydrogen-bond donors (Lipinski definition) is 0. The Morgan fingerprint density at radius 1 is 1.41 bits per heavy atom. The first-order valence-corrected chi connectivity index (χ1v) is 9.05. The number of Topliss-reactive ketones (excluding diaryl/α,β-unsaturated/α-hetero) is 1. The van der Waals surface area contributed by atoms with Gasteiger partial charge in [0, 0.05) is 6.42 Å². The fourth-order valence-corrected chi connectivity index (χ4v) is 2.28. The summed E-state index contributed by atoms with van der Waals surface area (Å²) in [4.78, 5) is 11.8. The Labute approximate surface area is 103 Å². The maximum absolute atomic E-state index is 11.8. The lowest BCUT2D eigenvalue weighted by Gasteiger charge is -2.22. The van der Waals surface area contributed by atoms with Crippen molar-refractivity contribution in [2.75, 3.05) is 0 Å². The second-order valence-corrected chi connectivity index (χ2v) is 9.21. The number of hydrogen-bond acceptors (Lipinski definition) is 3. The highest BCUT2D eigenvalue weighted by molar-refractivity contribution is 6.70. The molecule has 0 N–H and O–H groups in total. The van der Waals surface area contributed by atoms with Crippen LogP contribution in [0.4, 0.5) is 0 Å². The van der Waals surface area contributed by atoms with Gasteiger partial charge in [-0.2, -0.15) is 5.26 Å². The van der Waals surface area contributed by atoms with Crippen LogP contribution in [0.2, 0.25) is 19.6 Å². The third-order valence-corrected chi connectivity index (χ3v) is 2.98. The molecule has 17 heavy (non-hydrogen) atoms. The highest BCUT2D eigenvalue weighted by atomic mass is 28.4. The largest absolute Gasteiger partial charge is 0.543 e. The maximum Gasteiger partial charge on any atom is 0.242 e. The highest BCUT2D eigenvalue weighted by Gasteiger charge is 2.22. The summed E-state index contributed by atoms with van der Waals surface area (Å²) in [5.41, 5.74) is 0.959. The third kappa shape index (κ3) is 3.43. The van der Waals surface area contributed by atoms with E-state index in [-0.39, 0.29) is 5.78 Å². The summed E-state index contributed by atoms with van der Waals surface area (Å²) in [6, 6.07) is 7.21. The molecular weight excluding hydrogens is 230 g/mol. The Balaban J connectivity index is 3.32. The number of rotatable bonds is 4. The summed E-state index contributed by atoms with van der Waals surface area (Å²) in [6.07, 6.45) is 0.414. The van der Waals surface area contributed by atoms with Crippen molar-refractivity contribution < 1.29 is 9.22 Å². The van der Waals surface area contributed by atoms with Gasteiger partial charge >= 0.3 is 0 Å². The number of carbonyl (C=O) groups excluding carboxylic acids is 1. The van der Waals surface area contributed by atoms with Crippen LogP contribution in [-0.4, -0.2) is 14.1 Å². The summed E-state index contributed by atoms with van der Waals surface area (Å²) in [5.74, 6) is 0.469. The minimum absolute atomic E-state index is 0.00958. The van der Waals surface area contributed by atoms with Crippen molar-refractivity contribution in [2.24, 2.45) is 0 Å². The topological polar surface area (TPSA) is 50.1 Å². The maximum atomic E-state index is 11.8. The molecule has 3 nitrogen and oxygen atoms in total. The molecule has 0 fully saturated rings. The van der Waals surface area contributed by atoms with E-state index in [1.807, 2.05) is 19.6 Å². The molecule has 0 amide bonds. The van der Waals surface area contributed by atoms with Crippen LogP contribution in [0.15, 0.2) is 18.2 Å². The average molecular weight is 247 g/mol. The van der Waals surface area contributed by atoms with Crippen LogP contribution >= 0.6 is 0 Å². The van der Waals surface area contributed by atoms with Crippen molar-refractivity contribution in [1.29, 1.82) is 5.26 Å². The molecule has 0 saturated carbocycles. The summed E-state index contributed by atoms with van der Waals surface area (Å²) in [7, 11) is -1.84.